The van der Waals surface area contributed by atoms with E-state index in [2.05, 4.69) is 13.5 Å². The molecule has 0 heterocycles. The van der Waals surface area contributed by atoms with Crippen molar-refractivity contribution in [3.05, 3.63) is 12.7 Å². The van der Waals surface area contributed by atoms with Crippen LogP contribution in [0.25, 0.3) is 0 Å². The van der Waals surface area contributed by atoms with Crippen LogP contribution in [-0.4, -0.2) is 12.6 Å². The van der Waals surface area contributed by atoms with Crippen molar-refractivity contribution in [1.29, 1.82) is 0 Å². The van der Waals surface area contributed by atoms with Gasteiger partial charge in [0.05, 0.1) is 0 Å². The zero-order valence-electron chi connectivity index (χ0n) is 11.9. The number of unbranched alkanes of at least 4 members (excludes halogenated alkanes) is 8. The van der Waals surface area contributed by atoms with Crippen molar-refractivity contribution >= 4 is 5.97 Å². The van der Waals surface area contributed by atoms with Crippen LogP contribution < -0.4 is 0 Å². The molecule has 0 N–H and O–H groups in total. The number of carbonyl (C=O) groups is 1. The van der Waals surface area contributed by atoms with Crippen molar-refractivity contribution in [2.24, 2.45) is 0 Å². The molecule has 0 bridgehead atoms. The van der Waals surface area contributed by atoms with E-state index in [0.29, 0.717) is 13.0 Å². The molecule has 104 valence electrons. The van der Waals surface area contributed by atoms with E-state index in [1.165, 1.54) is 44.9 Å². The summed E-state index contributed by atoms with van der Waals surface area (Å²) >= 11 is 0. The van der Waals surface area contributed by atoms with Gasteiger partial charge in [0, 0.05) is 32.6 Å². The minimum Gasteiger partial charge on any atom is -0.461 e. The van der Waals surface area contributed by atoms with Crippen LogP contribution in [-0.2, 0) is 35.7 Å². The Morgan fingerprint density at radius 3 is 2.00 bits per heavy atom. The Morgan fingerprint density at radius 2 is 1.50 bits per heavy atom. The molecule has 0 saturated carbocycles. The monoisotopic (exact) mass is 330 g/mol. The van der Waals surface area contributed by atoms with Crippen LogP contribution in [0.1, 0.15) is 71.1 Å². The topological polar surface area (TPSA) is 26.3 Å². The summed E-state index contributed by atoms with van der Waals surface area (Å²) in [6.45, 7) is 6.09. The minimum absolute atomic E-state index is 0. The smallest absolute Gasteiger partial charge is 0.306 e. The molecule has 0 unspecified atom stereocenters. The summed E-state index contributed by atoms with van der Waals surface area (Å²) < 4.78 is 4.91. The van der Waals surface area contributed by atoms with Crippen molar-refractivity contribution in [1.82, 2.24) is 0 Å². The summed E-state index contributed by atoms with van der Waals surface area (Å²) in [5, 5.41) is 0. The summed E-state index contributed by atoms with van der Waals surface area (Å²) in [5.41, 5.74) is 0. The summed E-state index contributed by atoms with van der Waals surface area (Å²) in [7, 11) is 0. The summed E-state index contributed by atoms with van der Waals surface area (Å²) in [4.78, 5) is 11.1. The zero-order valence-corrected chi connectivity index (χ0v) is 14.3. The maximum atomic E-state index is 11.1. The molecule has 0 aromatic rings. The molecule has 0 radical (unpaired) electrons. The van der Waals surface area contributed by atoms with E-state index in [9.17, 15) is 4.79 Å². The van der Waals surface area contributed by atoms with Gasteiger partial charge in [0.1, 0.15) is 6.61 Å². The second-order valence-electron chi connectivity index (χ2n) is 4.55. The predicted octanol–water partition coefficient (Wildman–Crippen LogP) is 4.63. The third-order valence-electron chi connectivity index (χ3n) is 2.85. The first-order chi connectivity index (χ1) is 8.31. The van der Waals surface area contributed by atoms with Crippen molar-refractivity contribution in [2.75, 3.05) is 6.61 Å². The summed E-state index contributed by atoms with van der Waals surface area (Å²) in [6, 6.07) is 0. The molecule has 0 atom stereocenters. The molecule has 0 aromatic heterocycles. The van der Waals surface area contributed by atoms with Crippen LogP contribution >= 0.6 is 0 Å². The SMILES string of the molecule is C=CCOC(=O)CCCCCCCCCCC.[Zr]. The molecule has 0 saturated heterocycles. The molecule has 0 fully saturated rings. The van der Waals surface area contributed by atoms with Gasteiger partial charge in [-0.05, 0) is 6.42 Å². The number of carbonyl (C=O) groups excluding carboxylic acids is 1. The van der Waals surface area contributed by atoms with Crippen molar-refractivity contribution in [2.45, 2.75) is 71.1 Å². The van der Waals surface area contributed by atoms with Crippen molar-refractivity contribution in [3.63, 3.8) is 0 Å². The Kier molecular flexibility index (Phi) is 19.4. The van der Waals surface area contributed by atoms with Gasteiger partial charge in [-0.15, -0.1) is 0 Å². The molecule has 0 spiro atoms. The number of rotatable bonds is 12. The first-order valence-corrected chi connectivity index (χ1v) is 7.07. The Labute approximate surface area is 132 Å². The standard InChI is InChI=1S/C15H28O2.Zr/c1-3-5-6-7-8-9-10-11-12-13-15(16)17-14-4-2;/h4H,2-3,5-14H2,1H3;. The molecule has 0 aliphatic rings. The first-order valence-electron chi connectivity index (χ1n) is 7.07. The largest absolute Gasteiger partial charge is 0.461 e. The van der Waals surface area contributed by atoms with Gasteiger partial charge in [0.25, 0.3) is 0 Å². The van der Waals surface area contributed by atoms with Gasteiger partial charge < -0.3 is 4.74 Å². The maximum Gasteiger partial charge on any atom is 0.306 e. The molecule has 0 aliphatic carbocycles. The molecule has 0 aromatic carbocycles. The van der Waals surface area contributed by atoms with E-state index in [-0.39, 0.29) is 32.2 Å². The Balaban J connectivity index is 0. The quantitative estimate of drug-likeness (QED) is 0.296. The van der Waals surface area contributed by atoms with Crippen LogP contribution in [0.5, 0.6) is 0 Å². The van der Waals surface area contributed by atoms with E-state index in [1.54, 1.807) is 6.08 Å². The Morgan fingerprint density at radius 1 is 1.00 bits per heavy atom. The van der Waals surface area contributed by atoms with Crippen LogP contribution in [0.3, 0.4) is 0 Å². The van der Waals surface area contributed by atoms with E-state index >= 15 is 0 Å². The molecule has 2 nitrogen and oxygen atoms in total. The zero-order chi connectivity index (χ0) is 12.8. The number of hydrogen-bond acceptors (Lipinski definition) is 2. The Hall–Kier alpha value is 0.0931. The molecular weight excluding hydrogens is 303 g/mol. The normalized spacial score (nSPS) is 9.61. The molecule has 3 heteroatoms. The fourth-order valence-corrected chi connectivity index (χ4v) is 1.80. The van der Waals surface area contributed by atoms with Gasteiger partial charge in [-0.25, -0.2) is 0 Å². The summed E-state index contributed by atoms with van der Waals surface area (Å²) in [6.07, 6.45) is 13.6. The summed E-state index contributed by atoms with van der Waals surface area (Å²) in [5.74, 6) is -0.0900. The third kappa shape index (κ3) is 16.1. The molecule has 0 aliphatic heterocycles. The van der Waals surface area contributed by atoms with Crippen LogP contribution in [0.15, 0.2) is 12.7 Å². The van der Waals surface area contributed by atoms with Crippen LogP contribution in [0.4, 0.5) is 0 Å². The molecule has 0 rings (SSSR count). The fourth-order valence-electron chi connectivity index (χ4n) is 1.80. The Bertz CT molecular complexity index is 193. The van der Waals surface area contributed by atoms with Crippen molar-refractivity contribution in [3.8, 4) is 0 Å². The molecule has 18 heavy (non-hydrogen) atoms. The maximum absolute atomic E-state index is 11.1. The number of hydrogen-bond donors (Lipinski definition) is 0. The minimum atomic E-state index is -0.0900. The van der Waals surface area contributed by atoms with Gasteiger partial charge in [-0.2, -0.15) is 0 Å². The number of esters is 1. The first kappa shape index (κ1) is 20.4. The van der Waals surface area contributed by atoms with E-state index in [4.69, 9.17) is 4.74 Å². The van der Waals surface area contributed by atoms with Gasteiger partial charge >= 0.3 is 5.97 Å². The average Bonchev–Trinajstić information content (AvgIpc) is 2.34. The van der Waals surface area contributed by atoms with E-state index < -0.39 is 0 Å². The third-order valence-corrected chi connectivity index (χ3v) is 2.85. The van der Waals surface area contributed by atoms with Crippen LogP contribution in [0.2, 0.25) is 0 Å². The molecule has 0 amide bonds. The van der Waals surface area contributed by atoms with Crippen LogP contribution in [0, 0.1) is 0 Å². The van der Waals surface area contributed by atoms with Gasteiger partial charge in [0.2, 0.25) is 0 Å². The second-order valence-corrected chi connectivity index (χ2v) is 4.55. The van der Waals surface area contributed by atoms with Crippen molar-refractivity contribution < 1.29 is 35.7 Å². The number of ether oxygens (including phenoxy) is 1. The van der Waals surface area contributed by atoms with E-state index in [0.717, 1.165) is 12.8 Å². The molecular formula is C15H28O2Zr. The predicted molar refractivity (Wildman–Crippen MR) is 73.0 cm³/mol. The van der Waals surface area contributed by atoms with Gasteiger partial charge in [-0.1, -0.05) is 70.9 Å². The fraction of sp³-hybridized carbons (Fsp3) is 0.800. The van der Waals surface area contributed by atoms with Gasteiger partial charge in [-0.3, -0.25) is 4.79 Å². The second kappa shape index (κ2) is 17.1. The average molecular weight is 332 g/mol. The van der Waals surface area contributed by atoms with Gasteiger partial charge in [0.15, 0.2) is 0 Å². The van der Waals surface area contributed by atoms with E-state index in [1.807, 2.05) is 0 Å².